The predicted octanol–water partition coefficient (Wildman–Crippen LogP) is 22.3. The van der Waals surface area contributed by atoms with E-state index in [4.69, 9.17) is 27.0 Å². The van der Waals surface area contributed by atoms with E-state index in [1.54, 1.807) is 10.4 Å². The van der Waals surface area contributed by atoms with Crippen molar-refractivity contribution in [3.63, 3.8) is 0 Å². The molecule has 6 nitrogen and oxygen atoms in total. The SMILES string of the molecule is CCCCCCCCOc1c(C)c(-c2ccccc2)c2nsnc2c1-c1cc2c(s1)-c1sc(-c3c(C)c(OCCCCCCCC)c(-c4ccc(-c5ccccc5)s4)c4nsnc34)cc1[Si]2(CC(CC)CCCC)CC(CC)CCCC. The van der Waals surface area contributed by atoms with Crippen molar-refractivity contribution < 1.29 is 9.47 Å². The molecule has 434 valence electrons. The van der Waals surface area contributed by atoms with Crippen LogP contribution in [0, 0.1) is 25.7 Å². The molecule has 1 aliphatic heterocycles. The molecule has 82 heavy (non-hydrogen) atoms. The molecule has 4 aromatic carbocycles. The highest BCUT2D eigenvalue weighted by Crippen LogP contribution is 2.55. The molecule has 2 atom stereocenters. The standard InChI is InChI=1S/C70H88N4O2S5Si/c1-9-15-19-21-23-31-41-75-67-47(7)59(52-37-29-26-30-38-52)63-66(74-80-71-63)62(67)56-44-58-70(79-56)69-57(82(58,45-49(13-5)33-17-11-3)46-50(14-6)34-18-12-4)43-55(78-69)60-48(8)68(76-42-32-24-22-20-16-10-2)61(65-64(60)72-81-73-65)54-40-39-53(77-54)51-35-27-25-28-36-51/h25-30,35-40,43-44,49-50H,9-24,31-34,41-42,45-46H2,1-8H3. The largest absolute Gasteiger partial charge is 0.493 e. The van der Waals surface area contributed by atoms with E-state index in [2.05, 4.69) is 140 Å². The van der Waals surface area contributed by atoms with Gasteiger partial charge in [-0.1, -0.05) is 218 Å². The van der Waals surface area contributed by atoms with Crippen LogP contribution in [0.3, 0.4) is 0 Å². The summed E-state index contributed by atoms with van der Waals surface area (Å²) in [6.45, 7) is 20.3. The molecule has 0 spiro atoms. The van der Waals surface area contributed by atoms with Crippen molar-refractivity contribution in [2.75, 3.05) is 13.2 Å². The van der Waals surface area contributed by atoms with E-state index >= 15 is 0 Å². The fourth-order valence-corrected chi connectivity index (χ4v) is 26.0. The van der Waals surface area contributed by atoms with E-state index in [0.717, 1.165) is 74.2 Å². The Balaban J connectivity index is 1.17. The van der Waals surface area contributed by atoms with Gasteiger partial charge in [0.2, 0.25) is 0 Å². The lowest BCUT2D eigenvalue weighted by Gasteiger charge is -2.35. The first-order valence-corrected chi connectivity index (χ1v) is 37.9. The summed E-state index contributed by atoms with van der Waals surface area (Å²) < 4.78 is 35.3. The fraction of sp³-hybridized carbons (Fsp3) is 0.486. The maximum absolute atomic E-state index is 7.22. The van der Waals surface area contributed by atoms with Crippen molar-refractivity contribution in [3.05, 3.63) is 96.1 Å². The van der Waals surface area contributed by atoms with Crippen molar-refractivity contribution >= 4 is 98.0 Å². The molecule has 0 amide bonds. The van der Waals surface area contributed by atoms with Crippen LogP contribution < -0.4 is 19.8 Å². The topological polar surface area (TPSA) is 70.0 Å². The zero-order valence-corrected chi connectivity index (χ0v) is 55.4. The van der Waals surface area contributed by atoms with Crippen LogP contribution in [0.25, 0.3) is 84.7 Å². The highest BCUT2D eigenvalue weighted by molar-refractivity contribution is 7.31. The van der Waals surface area contributed by atoms with Crippen LogP contribution >= 0.6 is 57.5 Å². The second-order valence-corrected chi connectivity index (χ2v) is 31.8. The Kier molecular flexibility index (Phi) is 21.4. The molecule has 0 saturated carbocycles. The smallest absolute Gasteiger partial charge is 0.133 e. The van der Waals surface area contributed by atoms with Crippen molar-refractivity contribution in [1.29, 1.82) is 0 Å². The summed E-state index contributed by atoms with van der Waals surface area (Å²) in [5.41, 5.74) is 13.2. The van der Waals surface area contributed by atoms with Gasteiger partial charge in [-0.25, -0.2) is 0 Å². The number of aromatic nitrogens is 4. The summed E-state index contributed by atoms with van der Waals surface area (Å²) in [5, 5.41) is 3.33. The molecule has 0 bridgehead atoms. The lowest BCUT2D eigenvalue weighted by atomic mass is 9.94. The van der Waals surface area contributed by atoms with Crippen LogP contribution in [0.4, 0.5) is 0 Å². The second-order valence-electron chi connectivity index (χ2n) is 23.5. The fourth-order valence-electron chi connectivity index (χ4n) is 13.2. The Morgan fingerprint density at radius 1 is 0.415 bits per heavy atom. The second kappa shape index (κ2) is 29.0. The number of ether oxygens (including phenoxy) is 2. The van der Waals surface area contributed by atoms with E-state index in [1.165, 1.54) is 197 Å². The molecule has 12 heteroatoms. The Morgan fingerprint density at radius 3 is 1.33 bits per heavy atom. The van der Waals surface area contributed by atoms with Gasteiger partial charge in [-0.3, -0.25) is 0 Å². The summed E-state index contributed by atoms with van der Waals surface area (Å²) in [4.78, 5) is 8.00. The van der Waals surface area contributed by atoms with Crippen molar-refractivity contribution in [2.45, 2.75) is 196 Å². The summed E-state index contributed by atoms with van der Waals surface area (Å²) in [6.07, 6.45) is 24.6. The van der Waals surface area contributed by atoms with Crippen LogP contribution in [0.5, 0.6) is 11.5 Å². The molecule has 0 N–H and O–H groups in total. The van der Waals surface area contributed by atoms with Gasteiger partial charge in [0.1, 0.15) is 41.6 Å². The first-order chi connectivity index (χ1) is 40.3. The predicted molar refractivity (Wildman–Crippen MR) is 363 cm³/mol. The lowest BCUT2D eigenvalue weighted by molar-refractivity contribution is 0.304. The number of hydrogen-bond donors (Lipinski definition) is 0. The van der Waals surface area contributed by atoms with Crippen LogP contribution in [-0.2, 0) is 0 Å². The minimum atomic E-state index is -2.49. The Labute approximate surface area is 512 Å². The van der Waals surface area contributed by atoms with Gasteiger partial charge in [0.15, 0.2) is 0 Å². The third-order valence-electron chi connectivity index (χ3n) is 17.8. The van der Waals surface area contributed by atoms with Crippen LogP contribution in [0.2, 0.25) is 12.1 Å². The molecular weight excluding hydrogens is 1120 g/mol. The summed E-state index contributed by atoms with van der Waals surface area (Å²) >= 11 is 8.56. The van der Waals surface area contributed by atoms with Crippen molar-refractivity contribution in [2.24, 2.45) is 11.8 Å². The Hall–Kier alpha value is -4.56. The van der Waals surface area contributed by atoms with E-state index in [1.807, 2.05) is 34.0 Å². The molecule has 9 aromatic rings. The third-order valence-corrected chi connectivity index (χ3v) is 28.3. The molecule has 0 radical (unpaired) electrons. The minimum Gasteiger partial charge on any atom is -0.493 e. The van der Waals surface area contributed by atoms with E-state index < -0.39 is 8.07 Å². The highest BCUT2D eigenvalue weighted by Gasteiger charge is 2.50. The average Bonchev–Trinajstić information content (AvgIpc) is 3.06. The van der Waals surface area contributed by atoms with Gasteiger partial charge in [0.25, 0.3) is 0 Å². The molecule has 10 rings (SSSR count). The molecule has 2 unspecified atom stereocenters. The minimum absolute atomic E-state index is 0.655. The summed E-state index contributed by atoms with van der Waals surface area (Å²) in [5.74, 6) is 3.27. The maximum atomic E-state index is 7.22. The number of benzene rings is 4. The number of thiophene rings is 3. The van der Waals surface area contributed by atoms with Gasteiger partial charge in [0, 0.05) is 51.5 Å². The van der Waals surface area contributed by atoms with Gasteiger partial charge in [-0.2, -0.15) is 17.5 Å². The number of nitrogens with zero attached hydrogens (tertiary/aromatic N) is 4. The summed E-state index contributed by atoms with van der Waals surface area (Å²) in [7, 11) is -2.49. The number of fused-ring (bicyclic) bond motifs is 5. The first-order valence-electron chi connectivity index (χ1n) is 31.6. The number of hydrogen-bond acceptors (Lipinski definition) is 11. The van der Waals surface area contributed by atoms with E-state index in [0.29, 0.717) is 25.0 Å². The quantitative estimate of drug-likeness (QED) is 0.0302. The molecule has 0 aliphatic carbocycles. The first kappa shape index (κ1) is 60.6. The zero-order chi connectivity index (χ0) is 57.0. The third kappa shape index (κ3) is 12.8. The van der Waals surface area contributed by atoms with Crippen LogP contribution in [0.15, 0.2) is 84.9 Å². The number of unbranched alkanes of at least 4 members (excludes halogenated alkanes) is 12. The van der Waals surface area contributed by atoms with Gasteiger partial charge >= 0.3 is 0 Å². The molecule has 0 saturated heterocycles. The summed E-state index contributed by atoms with van der Waals surface area (Å²) in [6, 6.07) is 34.1. The lowest BCUT2D eigenvalue weighted by Crippen LogP contribution is -2.56. The van der Waals surface area contributed by atoms with Crippen molar-refractivity contribution in [1.82, 2.24) is 17.5 Å². The Bertz CT molecular complexity index is 3460. The monoisotopic (exact) mass is 1200 g/mol. The van der Waals surface area contributed by atoms with Crippen LogP contribution in [0.1, 0.15) is 181 Å². The van der Waals surface area contributed by atoms with E-state index in [-0.39, 0.29) is 0 Å². The van der Waals surface area contributed by atoms with E-state index in [9.17, 15) is 0 Å². The Morgan fingerprint density at radius 2 is 0.829 bits per heavy atom. The van der Waals surface area contributed by atoms with Crippen LogP contribution in [-0.4, -0.2) is 38.8 Å². The molecule has 0 fully saturated rings. The molecule has 1 aliphatic rings. The molecular formula is C70H88N4O2S5Si. The highest BCUT2D eigenvalue weighted by atomic mass is 32.1. The normalized spacial score (nSPS) is 14.7. The van der Waals surface area contributed by atoms with Gasteiger partial charge in [-0.15, -0.1) is 34.0 Å². The average molecular weight is 1210 g/mol. The molecule has 6 heterocycles. The van der Waals surface area contributed by atoms with Gasteiger partial charge < -0.3 is 9.47 Å². The number of rotatable bonds is 33. The molecule has 5 aromatic heterocycles. The van der Waals surface area contributed by atoms with Gasteiger partial charge in [-0.05, 0) is 96.4 Å². The zero-order valence-electron chi connectivity index (χ0n) is 50.4. The van der Waals surface area contributed by atoms with Crippen molar-refractivity contribution in [3.8, 4) is 74.1 Å². The maximum Gasteiger partial charge on any atom is 0.133 e. The van der Waals surface area contributed by atoms with Gasteiger partial charge in [0.05, 0.1) is 47.8 Å².